The van der Waals surface area contributed by atoms with Crippen LogP contribution in [-0.4, -0.2) is 0 Å². The van der Waals surface area contributed by atoms with Gasteiger partial charge in [-0.25, -0.2) is 0 Å². The minimum absolute atomic E-state index is 0.0395. The molecule has 0 saturated carbocycles. The first kappa shape index (κ1) is 21.9. The number of hydrogen-bond donors (Lipinski definition) is 0. The Labute approximate surface area is 433 Å². The molecule has 0 N–H and O–H groups in total. The Hall–Kier alpha value is -8.78. The number of fused-ring (bicyclic) bond motifs is 17. The van der Waals surface area contributed by atoms with Crippen molar-refractivity contribution in [2.75, 3.05) is 0 Å². The minimum atomic E-state index is -2.80. The zero-order valence-corrected chi connectivity index (χ0v) is 35.8. The zero-order chi connectivity index (χ0) is 66.1. The molecule has 15 rings (SSSR count). The highest BCUT2D eigenvalue weighted by Crippen LogP contribution is 2.63. The summed E-state index contributed by atoms with van der Waals surface area (Å²) in [5, 5.41) is 1.49. The van der Waals surface area contributed by atoms with E-state index >= 15 is 0 Å². The highest BCUT2D eigenvalue weighted by Gasteiger charge is 2.51. The van der Waals surface area contributed by atoms with Gasteiger partial charge in [-0.1, -0.05) is 230 Å². The average Bonchev–Trinajstić information content (AvgIpc) is 1.48. The molecule has 2 aliphatic rings. The van der Waals surface area contributed by atoms with Crippen molar-refractivity contribution in [1.82, 2.24) is 0 Å². The van der Waals surface area contributed by atoms with Crippen molar-refractivity contribution >= 4 is 54.3 Å². The van der Waals surface area contributed by atoms with Crippen LogP contribution in [0.15, 0.2) is 253 Å². The zero-order valence-electron chi connectivity index (χ0n) is 59.8. The third-order valence-corrected chi connectivity index (χ3v) is 13.8. The van der Waals surface area contributed by atoms with E-state index in [1.54, 1.807) is 24.3 Å². The summed E-state index contributed by atoms with van der Waals surface area (Å²) < 4.78 is 235. The van der Waals surface area contributed by atoms with E-state index in [4.69, 9.17) is 14.0 Å². The molecule has 0 aliphatic heterocycles. The van der Waals surface area contributed by atoms with Crippen molar-refractivity contribution in [3.05, 3.63) is 287 Å². The second-order valence-electron chi connectivity index (χ2n) is 17.1. The average molecular weight is 899 g/mol. The van der Waals surface area contributed by atoms with Crippen LogP contribution in [0.4, 0.5) is 0 Å². The lowest BCUT2D eigenvalue weighted by Gasteiger charge is -2.31. The minimum Gasteiger partial charge on any atom is -0.456 e. The molecular weight excluding hydrogens is 833 g/mol. The van der Waals surface area contributed by atoms with Gasteiger partial charge in [0.25, 0.3) is 0 Å². The number of hydrogen-bond acceptors (Lipinski definition) is 1. The number of rotatable bonds is 5. The predicted octanol–water partition coefficient (Wildman–Crippen LogP) is 17.9. The first-order chi connectivity index (χ1) is 44.2. The van der Waals surface area contributed by atoms with Crippen LogP contribution in [0.2, 0.25) is 0 Å². The standard InChI is InChI=1S/C68H42O/c1-4-19-48-42(16-1)36-38-49(66(48)57-26-15-31-64-67(57)56-25-10-14-30-63(56)69-64)43-32-34-44(35-33-43)65(58-40-45-17-2-3-18-47(45)50-20-5-6-21-51(50)58)46-37-39-55-54-24-9-13-29-61(54)68(62(55)41-46)59-27-11-7-22-52(59)53-23-8-12-28-60(53)68/h1-41,65H/i2D,3D,5D,6D,7D,8D,9D,11D,12D,13D,17D,18D,20D,21D,22D,23D,24D,27D,28D,29D,37D,39D,40D,41D. The van der Waals surface area contributed by atoms with Gasteiger partial charge in [0.1, 0.15) is 11.2 Å². The third kappa shape index (κ3) is 5.36. The largest absolute Gasteiger partial charge is 0.456 e. The molecule has 2 aliphatic carbocycles. The van der Waals surface area contributed by atoms with Gasteiger partial charge >= 0.3 is 0 Å². The Bertz CT molecular complexity index is 5600. The van der Waals surface area contributed by atoms with Crippen LogP contribution in [0.3, 0.4) is 0 Å². The summed E-state index contributed by atoms with van der Waals surface area (Å²) in [5.74, 6) is -1.92. The Morgan fingerprint density at radius 2 is 0.971 bits per heavy atom. The third-order valence-electron chi connectivity index (χ3n) is 13.8. The lowest BCUT2D eigenvalue weighted by Crippen LogP contribution is -2.26. The SMILES string of the molecule is [2H]c1c([2H])c([2H])c2c(c1[2H])-c1c([2H])c([2H])c([2H])c([2H])c1C21c2c([2H])c([2H])c([2H])c([2H])c2-c2c([2H])c([2H])c(C(c3ccc(-c4ccc5ccccc5c4-c4cccc5oc6ccccc6c45)cc3)c3c([2H])c4c([2H])c([2H])c([2H])c([2H])c4c4c([2H])c([2H])c([2H])c([2H])c34)c([2H])c21. The van der Waals surface area contributed by atoms with Gasteiger partial charge in [0, 0.05) is 16.7 Å². The van der Waals surface area contributed by atoms with Gasteiger partial charge in [-0.2, -0.15) is 0 Å². The van der Waals surface area contributed by atoms with Crippen molar-refractivity contribution in [3.63, 3.8) is 0 Å². The Morgan fingerprint density at radius 3 is 1.72 bits per heavy atom. The molecule has 1 nitrogen and oxygen atoms in total. The summed E-state index contributed by atoms with van der Waals surface area (Å²) in [7, 11) is 0. The number of benzene rings is 12. The van der Waals surface area contributed by atoms with E-state index in [0.717, 1.165) is 32.7 Å². The van der Waals surface area contributed by atoms with E-state index in [9.17, 15) is 23.3 Å². The fraction of sp³-hybridized carbons (Fsp3) is 0.0294. The molecule has 0 bridgehead atoms. The van der Waals surface area contributed by atoms with Gasteiger partial charge in [-0.05, 0) is 134 Å². The Kier molecular flexibility index (Phi) is 4.63. The van der Waals surface area contributed by atoms with Gasteiger partial charge in [0.05, 0.1) is 38.3 Å². The summed E-state index contributed by atoms with van der Waals surface area (Å²) in [5.41, 5.74) is -4.01. The van der Waals surface area contributed by atoms with Crippen LogP contribution in [-0.2, 0) is 5.41 Å². The molecule has 0 radical (unpaired) electrons. The summed E-state index contributed by atoms with van der Waals surface area (Å²) in [4.78, 5) is 0. The maximum atomic E-state index is 11.0. The smallest absolute Gasteiger partial charge is 0.136 e. The van der Waals surface area contributed by atoms with Gasteiger partial charge in [0.15, 0.2) is 0 Å². The van der Waals surface area contributed by atoms with Crippen molar-refractivity contribution in [2.24, 2.45) is 0 Å². The summed E-state index contributed by atoms with van der Waals surface area (Å²) in [6.07, 6.45) is 0. The van der Waals surface area contributed by atoms with Crippen LogP contribution >= 0.6 is 0 Å². The van der Waals surface area contributed by atoms with E-state index in [0.29, 0.717) is 22.3 Å². The monoisotopic (exact) mass is 898 g/mol. The number of furan rings is 1. The number of para-hydroxylation sites is 1. The highest BCUT2D eigenvalue weighted by molar-refractivity contribution is 6.18. The summed E-state index contributed by atoms with van der Waals surface area (Å²) in [6.45, 7) is 0. The van der Waals surface area contributed by atoms with Crippen molar-refractivity contribution in [2.45, 2.75) is 11.3 Å². The van der Waals surface area contributed by atoms with Gasteiger partial charge < -0.3 is 4.42 Å². The first-order valence-corrected chi connectivity index (χ1v) is 22.2. The van der Waals surface area contributed by atoms with E-state index in [-0.39, 0.29) is 5.56 Å². The molecule has 0 saturated heterocycles. The summed E-state index contributed by atoms with van der Waals surface area (Å²) in [6, 6.07) is 11.4. The van der Waals surface area contributed by atoms with Gasteiger partial charge in [-0.3, -0.25) is 0 Å². The molecule has 1 heterocycles. The van der Waals surface area contributed by atoms with E-state index in [2.05, 4.69) is 0 Å². The van der Waals surface area contributed by atoms with Crippen LogP contribution in [0, 0.1) is 0 Å². The fourth-order valence-corrected chi connectivity index (χ4v) is 11.0. The Balaban J connectivity index is 1.13. The van der Waals surface area contributed by atoms with Crippen molar-refractivity contribution in [1.29, 1.82) is 0 Å². The first-order valence-electron chi connectivity index (χ1n) is 34.2. The lowest BCUT2D eigenvalue weighted by atomic mass is 9.69. The van der Waals surface area contributed by atoms with E-state index in [1.807, 2.05) is 78.9 Å². The lowest BCUT2D eigenvalue weighted by molar-refractivity contribution is 0.669. The van der Waals surface area contributed by atoms with Crippen molar-refractivity contribution in [3.8, 4) is 44.5 Å². The predicted molar refractivity (Wildman–Crippen MR) is 287 cm³/mol. The molecule has 13 aromatic rings. The van der Waals surface area contributed by atoms with Crippen LogP contribution in [0.5, 0.6) is 0 Å². The maximum Gasteiger partial charge on any atom is 0.136 e. The molecule has 69 heavy (non-hydrogen) atoms. The quantitative estimate of drug-likeness (QED) is 0.124. The normalized spacial score (nSPS) is 18.4. The molecular formula is C68H42O. The second-order valence-corrected chi connectivity index (χ2v) is 17.1. The molecule has 1 heteroatoms. The van der Waals surface area contributed by atoms with Crippen LogP contribution in [0.25, 0.3) is 98.8 Å². The van der Waals surface area contributed by atoms with Crippen LogP contribution in [0.1, 0.15) is 77.8 Å². The second kappa shape index (κ2) is 14.6. The molecule has 1 aromatic heterocycles. The Morgan fingerprint density at radius 1 is 0.362 bits per heavy atom. The molecule has 0 amide bonds. The molecule has 12 aromatic carbocycles. The molecule has 1 atom stereocenters. The highest BCUT2D eigenvalue weighted by atomic mass is 16.3. The maximum absolute atomic E-state index is 11.0. The molecule has 1 unspecified atom stereocenters. The molecule has 0 fully saturated rings. The fourth-order valence-electron chi connectivity index (χ4n) is 11.0. The van der Waals surface area contributed by atoms with Crippen LogP contribution < -0.4 is 0 Å². The topological polar surface area (TPSA) is 13.1 Å². The van der Waals surface area contributed by atoms with E-state index in [1.165, 1.54) is 0 Å². The van der Waals surface area contributed by atoms with Gasteiger partial charge in [0.2, 0.25) is 0 Å². The van der Waals surface area contributed by atoms with Gasteiger partial charge in [-0.15, -0.1) is 0 Å². The molecule has 320 valence electrons. The molecule has 1 spiro atoms. The summed E-state index contributed by atoms with van der Waals surface area (Å²) >= 11 is 0. The van der Waals surface area contributed by atoms with E-state index < -0.39 is 234 Å². The van der Waals surface area contributed by atoms with Crippen molar-refractivity contribution < 1.29 is 37.3 Å².